The van der Waals surface area contributed by atoms with E-state index in [0.29, 0.717) is 11.6 Å². The Balaban J connectivity index is 1.68. The van der Waals surface area contributed by atoms with E-state index < -0.39 is 16.6 Å². The minimum absolute atomic E-state index is 0.138. The van der Waals surface area contributed by atoms with Crippen LogP contribution in [0.4, 0.5) is 14.5 Å². The Morgan fingerprint density at radius 3 is 2.64 bits per heavy atom. The van der Waals surface area contributed by atoms with Gasteiger partial charge in [0.2, 0.25) is 0 Å². The number of nitrogens with one attached hydrogen (secondary N) is 1. The van der Waals surface area contributed by atoms with Gasteiger partial charge in [0, 0.05) is 18.3 Å². The van der Waals surface area contributed by atoms with Gasteiger partial charge >= 0.3 is 6.61 Å². The van der Waals surface area contributed by atoms with E-state index in [1.54, 1.807) is 12.1 Å². The molecule has 8 heteroatoms. The molecule has 3 rings (SSSR count). The molecule has 1 atom stereocenters. The summed E-state index contributed by atoms with van der Waals surface area (Å²) in [5, 5.41) is 0. The second-order valence-corrected chi connectivity index (χ2v) is 8.55. The molecule has 2 aromatic rings. The number of sulfonamides is 1. The van der Waals surface area contributed by atoms with Crippen LogP contribution in [-0.2, 0) is 10.0 Å². The minimum Gasteiger partial charge on any atom is -0.435 e. The lowest BCUT2D eigenvalue weighted by atomic mass is 9.98. The van der Waals surface area contributed by atoms with Crippen LogP contribution in [0, 0.1) is 0 Å². The van der Waals surface area contributed by atoms with Crippen molar-refractivity contribution in [2.75, 3.05) is 24.4 Å². The summed E-state index contributed by atoms with van der Waals surface area (Å²) in [6.45, 7) is 2.37. The Bertz CT molecular complexity index is 889. The van der Waals surface area contributed by atoms with Crippen molar-refractivity contribution < 1.29 is 21.9 Å². The van der Waals surface area contributed by atoms with Crippen molar-refractivity contribution in [3.63, 3.8) is 0 Å². The number of hydrogen-bond donors (Lipinski definition) is 1. The van der Waals surface area contributed by atoms with E-state index in [0.717, 1.165) is 38.5 Å². The van der Waals surface area contributed by atoms with Crippen LogP contribution in [0.15, 0.2) is 53.4 Å². The maximum absolute atomic E-state index is 12.5. The highest BCUT2D eigenvalue weighted by Gasteiger charge is 2.23. The summed E-state index contributed by atoms with van der Waals surface area (Å²) in [5.41, 5.74) is 1.61. The van der Waals surface area contributed by atoms with Crippen LogP contribution in [-0.4, -0.2) is 39.6 Å². The van der Waals surface area contributed by atoms with Crippen LogP contribution >= 0.6 is 0 Å². The highest BCUT2D eigenvalue weighted by Crippen LogP contribution is 2.29. The lowest BCUT2D eigenvalue weighted by molar-refractivity contribution is -0.0499. The van der Waals surface area contributed by atoms with Gasteiger partial charge in [-0.1, -0.05) is 25.1 Å². The molecule has 0 aromatic heterocycles. The van der Waals surface area contributed by atoms with Crippen LogP contribution in [0.3, 0.4) is 0 Å². The molecule has 1 fully saturated rings. The van der Waals surface area contributed by atoms with Gasteiger partial charge in [-0.25, -0.2) is 8.42 Å². The van der Waals surface area contributed by atoms with Gasteiger partial charge in [0.25, 0.3) is 10.0 Å². The van der Waals surface area contributed by atoms with E-state index in [1.165, 1.54) is 23.8 Å². The first-order chi connectivity index (χ1) is 13.4. The number of benzene rings is 2. The summed E-state index contributed by atoms with van der Waals surface area (Å²) in [5.74, 6) is 0.256. The van der Waals surface area contributed by atoms with Crippen LogP contribution in [0.1, 0.15) is 31.2 Å². The van der Waals surface area contributed by atoms with Crippen molar-refractivity contribution in [1.29, 1.82) is 0 Å². The van der Waals surface area contributed by atoms with Crippen molar-refractivity contribution in [3.8, 4) is 5.75 Å². The van der Waals surface area contributed by atoms with Gasteiger partial charge in [-0.15, -0.1) is 0 Å². The standard InChI is InChI=1S/C20H24F2N2O3S/c1-2-11-24-12-10-16(14-24)15-6-8-17(9-7-15)23-28(25,26)19-5-3-4-18(13-19)27-20(21)22/h3-9,13,16,20,23H,2,10-12,14H2,1H3/t16-/m1/s1. The topological polar surface area (TPSA) is 58.6 Å². The number of nitrogens with zero attached hydrogens (tertiary/aromatic N) is 1. The molecule has 2 aromatic carbocycles. The lowest BCUT2D eigenvalue weighted by Gasteiger charge is -2.15. The molecule has 28 heavy (non-hydrogen) atoms. The molecule has 1 aliphatic rings. The molecule has 1 saturated heterocycles. The number of anilines is 1. The molecule has 0 bridgehead atoms. The first-order valence-corrected chi connectivity index (χ1v) is 10.8. The zero-order valence-corrected chi connectivity index (χ0v) is 16.5. The van der Waals surface area contributed by atoms with Gasteiger partial charge in [-0.2, -0.15) is 8.78 Å². The second-order valence-electron chi connectivity index (χ2n) is 6.87. The quantitative estimate of drug-likeness (QED) is 0.705. The monoisotopic (exact) mass is 410 g/mol. The molecule has 152 valence electrons. The number of ether oxygens (including phenoxy) is 1. The van der Waals surface area contributed by atoms with Crippen LogP contribution in [0.5, 0.6) is 5.75 Å². The predicted molar refractivity (Wildman–Crippen MR) is 104 cm³/mol. The second kappa shape index (κ2) is 8.87. The Morgan fingerprint density at radius 1 is 1.21 bits per heavy atom. The maximum Gasteiger partial charge on any atom is 0.387 e. The van der Waals surface area contributed by atoms with E-state index in [4.69, 9.17) is 0 Å². The number of halogens is 2. The summed E-state index contributed by atoms with van der Waals surface area (Å²) < 4.78 is 56.5. The Kier molecular flexibility index (Phi) is 6.51. The average Bonchev–Trinajstić information content (AvgIpc) is 3.11. The van der Waals surface area contributed by atoms with E-state index in [2.05, 4.69) is 21.3 Å². The van der Waals surface area contributed by atoms with Crippen molar-refractivity contribution in [3.05, 3.63) is 54.1 Å². The molecular weight excluding hydrogens is 386 g/mol. The molecule has 0 saturated carbocycles. The first kappa shape index (κ1) is 20.5. The average molecular weight is 410 g/mol. The Morgan fingerprint density at radius 2 is 1.96 bits per heavy atom. The summed E-state index contributed by atoms with van der Waals surface area (Å²) in [4.78, 5) is 2.30. The summed E-state index contributed by atoms with van der Waals surface area (Å²) in [7, 11) is -3.90. The molecule has 0 radical (unpaired) electrons. The molecule has 0 unspecified atom stereocenters. The molecule has 5 nitrogen and oxygen atoms in total. The Labute approximate surface area is 164 Å². The summed E-state index contributed by atoms with van der Waals surface area (Å²) in [6, 6.07) is 12.4. The van der Waals surface area contributed by atoms with Gasteiger partial charge in [-0.3, -0.25) is 4.72 Å². The fourth-order valence-electron chi connectivity index (χ4n) is 3.48. The van der Waals surface area contributed by atoms with Gasteiger partial charge in [0.15, 0.2) is 0 Å². The molecular formula is C20H24F2N2O3S. The summed E-state index contributed by atoms with van der Waals surface area (Å²) in [6.07, 6.45) is 2.24. The number of rotatable bonds is 8. The Hall–Kier alpha value is -2.19. The van der Waals surface area contributed by atoms with E-state index in [-0.39, 0.29) is 10.6 Å². The highest BCUT2D eigenvalue weighted by molar-refractivity contribution is 7.92. The van der Waals surface area contributed by atoms with E-state index in [1.807, 2.05) is 12.1 Å². The minimum atomic E-state index is -3.90. The fraction of sp³-hybridized carbons (Fsp3) is 0.400. The number of hydrogen-bond acceptors (Lipinski definition) is 4. The third-order valence-electron chi connectivity index (χ3n) is 4.79. The molecule has 0 aliphatic carbocycles. The fourth-order valence-corrected chi connectivity index (χ4v) is 4.57. The van der Waals surface area contributed by atoms with Gasteiger partial charge in [-0.05, 0) is 61.7 Å². The van der Waals surface area contributed by atoms with Crippen molar-refractivity contribution >= 4 is 15.7 Å². The third-order valence-corrected chi connectivity index (χ3v) is 6.17. The highest BCUT2D eigenvalue weighted by atomic mass is 32.2. The van der Waals surface area contributed by atoms with Crippen LogP contribution in [0.25, 0.3) is 0 Å². The predicted octanol–water partition coefficient (Wildman–Crippen LogP) is 4.29. The van der Waals surface area contributed by atoms with Crippen LogP contribution < -0.4 is 9.46 Å². The van der Waals surface area contributed by atoms with Crippen LogP contribution in [0.2, 0.25) is 0 Å². The molecule has 0 amide bonds. The SMILES string of the molecule is CCCN1CC[C@@H](c2ccc(NS(=O)(=O)c3cccc(OC(F)F)c3)cc2)C1. The van der Waals surface area contributed by atoms with Crippen molar-refractivity contribution in [2.24, 2.45) is 0 Å². The normalized spacial score (nSPS) is 17.8. The zero-order valence-electron chi connectivity index (χ0n) is 15.6. The lowest BCUT2D eigenvalue weighted by Crippen LogP contribution is -2.20. The van der Waals surface area contributed by atoms with Crippen molar-refractivity contribution in [2.45, 2.75) is 37.2 Å². The number of alkyl halides is 2. The van der Waals surface area contributed by atoms with E-state index >= 15 is 0 Å². The van der Waals surface area contributed by atoms with Gasteiger partial charge in [0.1, 0.15) is 5.75 Å². The summed E-state index contributed by atoms with van der Waals surface area (Å²) >= 11 is 0. The first-order valence-electron chi connectivity index (χ1n) is 9.27. The maximum atomic E-state index is 12.5. The molecule has 1 N–H and O–H groups in total. The van der Waals surface area contributed by atoms with Crippen molar-refractivity contribution in [1.82, 2.24) is 4.90 Å². The smallest absolute Gasteiger partial charge is 0.387 e. The largest absolute Gasteiger partial charge is 0.435 e. The number of likely N-dealkylation sites (tertiary alicyclic amines) is 1. The third kappa shape index (κ3) is 5.20. The van der Waals surface area contributed by atoms with Gasteiger partial charge < -0.3 is 9.64 Å². The zero-order chi connectivity index (χ0) is 20.1. The molecule has 0 spiro atoms. The van der Waals surface area contributed by atoms with E-state index in [9.17, 15) is 17.2 Å². The molecule has 1 heterocycles. The molecule has 1 aliphatic heterocycles. The van der Waals surface area contributed by atoms with Gasteiger partial charge in [0.05, 0.1) is 4.90 Å².